The number of carbonyl (C=O) groups excluding carboxylic acids is 2. The first-order chi connectivity index (χ1) is 16.9. The Morgan fingerprint density at radius 1 is 1.14 bits per heavy atom. The summed E-state index contributed by atoms with van der Waals surface area (Å²) in [6.45, 7) is 3.27. The Balaban J connectivity index is 1.41. The number of methoxy groups -OCH3 is 1. The maximum absolute atomic E-state index is 13.9. The van der Waals surface area contributed by atoms with Crippen LogP contribution >= 0.6 is 0 Å². The second kappa shape index (κ2) is 8.12. The molecule has 35 heavy (non-hydrogen) atoms. The van der Waals surface area contributed by atoms with Gasteiger partial charge in [0.15, 0.2) is 0 Å². The predicted octanol–water partition coefficient (Wildman–Crippen LogP) is 4.33. The molecule has 3 aliphatic rings. The maximum atomic E-state index is 13.9. The van der Waals surface area contributed by atoms with Crippen molar-refractivity contribution >= 4 is 22.8 Å². The molecule has 2 aliphatic heterocycles. The van der Waals surface area contributed by atoms with Crippen LogP contribution in [0.4, 0.5) is 4.79 Å². The maximum Gasteiger partial charge on any atom is 0.328 e. The lowest BCUT2D eigenvalue weighted by molar-refractivity contribution is -0.133. The van der Waals surface area contributed by atoms with Gasteiger partial charge in [-0.05, 0) is 69.1 Å². The lowest BCUT2D eigenvalue weighted by atomic mass is 9.81. The quantitative estimate of drug-likeness (QED) is 0.520. The first-order valence-corrected chi connectivity index (χ1v) is 12.5. The number of benzene rings is 2. The average Bonchev–Trinajstić information content (AvgIpc) is 3.64. The number of aromatic nitrogens is 1. The summed E-state index contributed by atoms with van der Waals surface area (Å²) in [6, 6.07) is 16.1. The van der Waals surface area contributed by atoms with Crippen LogP contribution in [0.3, 0.4) is 0 Å². The molecule has 3 amide bonds. The van der Waals surface area contributed by atoms with Gasteiger partial charge in [0.25, 0.3) is 5.91 Å². The molecule has 0 unspecified atom stereocenters. The van der Waals surface area contributed by atoms with Crippen molar-refractivity contribution in [2.75, 3.05) is 27.2 Å². The van der Waals surface area contributed by atoms with Crippen LogP contribution in [0, 0.1) is 0 Å². The van der Waals surface area contributed by atoms with Crippen LogP contribution < -0.4 is 4.74 Å². The van der Waals surface area contributed by atoms with Crippen LogP contribution in [0.5, 0.6) is 5.75 Å². The third kappa shape index (κ3) is 3.44. The highest BCUT2D eigenvalue weighted by atomic mass is 16.5. The zero-order valence-electron chi connectivity index (χ0n) is 20.6. The summed E-state index contributed by atoms with van der Waals surface area (Å²) < 4.78 is 5.49. The van der Waals surface area contributed by atoms with Crippen molar-refractivity contribution in [2.24, 2.45) is 0 Å². The molecular weight excluding hydrogens is 440 g/mol. The van der Waals surface area contributed by atoms with E-state index in [2.05, 4.69) is 16.9 Å². The Hall–Kier alpha value is -3.32. The van der Waals surface area contributed by atoms with E-state index in [1.54, 1.807) is 7.11 Å². The second-order valence-electron chi connectivity index (χ2n) is 10.4. The van der Waals surface area contributed by atoms with Crippen LogP contribution in [-0.4, -0.2) is 70.4 Å². The van der Waals surface area contributed by atoms with Gasteiger partial charge in [-0.2, -0.15) is 0 Å². The Morgan fingerprint density at radius 2 is 1.91 bits per heavy atom. The van der Waals surface area contributed by atoms with Crippen molar-refractivity contribution in [3.8, 4) is 5.75 Å². The van der Waals surface area contributed by atoms with Crippen LogP contribution in [0.2, 0.25) is 0 Å². The molecule has 1 N–H and O–H groups in total. The number of amides is 3. The number of nitrogens with one attached hydrogen (secondary N) is 1. The normalized spacial score (nSPS) is 23.8. The van der Waals surface area contributed by atoms with Crippen molar-refractivity contribution in [3.05, 3.63) is 65.4 Å². The van der Waals surface area contributed by atoms with Gasteiger partial charge >= 0.3 is 6.03 Å². The largest absolute Gasteiger partial charge is 0.497 e. The average molecular weight is 473 g/mol. The molecule has 1 aliphatic carbocycles. The van der Waals surface area contributed by atoms with Gasteiger partial charge in [0.1, 0.15) is 17.3 Å². The molecule has 0 spiro atoms. The summed E-state index contributed by atoms with van der Waals surface area (Å²) in [4.78, 5) is 37.0. The van der Waals surface area contributed by atoms with E-state index in [1.165, 1.54) is 17.7 Å². The Kier molecular flexibility index (Phi) is 5.14. The van der Waals surface area contributed by atoms with Gasteiger partial charge in [-0.1, -0.05) is 30.3 Å². The molecular formula is C28H32N4O3. The Labute approximate surface area is 205 Å². The van der Waals surface area contributed by atoms with E-state index in [0.29, 0.717) is 19.0 Å². The highest BCUT2D eigenvalue weighted by Gasteiger charge is 2.60. The smallest absolute Gasteiger partial charge is 0.328 e. The fraction of sp³-hybridized carbons (Fsp3) is 0.429. The van der Waals surface area contributed by atoms with E-state index in [-0.39, 0.29) is 18.0 Å². The van der Waals surface area contributed by atoms with E-state index in [4.69, 9.17) is 4.74 Å². The van der Waals surface area contributed by atoms with Crippen LogP contribution in [0.1, 0.15) is 49.0 Å². The minimum Gasteiger partial charge on any atom is -0.497 e. The van der Waals surface area contributed by atoms with Gasteiger partial charge in [-0.25, -0.2) is 4.79 Å². The molecule has 3 heterocycles. The van der Waals surface area contributed by atoms with Gasteiger partial charge in [0.05, 0.1) is 7.11 Å². The molecule has 6 rings (SSSR count). The summed E-state index contributed by atoms with van der Waals surface area (Å²) >= 11 is 0. The number of urea groups is 1. The van der Waals surface area contributed by atoms with Crippen LogP contribution in [0.15, 0.2) is 48.5 Å². The predicted molar refractivity (Wildman–Crippen MR) is 134 cm³/mol. The number of H-pyrrole nitrogens is 1. The molecule has 7 nitrogen and oxygen atoms in total. The van der Waals surface area contributed by atoms with Crippen LogP contribution in [0.25, 0.3) is 10.9 Å². The molecule has 2 atom stereocenters. The summed E-state index contributed by atoms with van der Waals surface area (Å²) in [5, 5.41) is 1.05. The number of fused-ring (bicyclic) bond motifs is 4. The standard InChI is InChI=1S/C28H32N4O3/c1-28-17-22-21-16-20(35-3)12-13-23(21)29-24(22)25(18-8-5-4-6-9-18)32(28)27(34)31(26(28)33)15-7-14-30(2)19-10-11-19/h4-6,8-9,12-13,16,19,25,29H,7,10-11,14-15,17H2,1-3H3/t25-,28+/m1/s1. The molecule has 0 radical (unpaired) electrons. The van der Waals surface area contributed by atoms with Crippen LogP contribution in [-0.2, 0) is 11.2 Å². The van der Waals surface area contributed by atoms with E-state index in [1.807, 2.05) is 60.4 Å². The SMILES string of the molecule is COc1ccc2[nH]c3c(c2c1)C[C@@]1(C)C(=O)N(CCCN(C)C2CC2)C(=O)N1[C@@H]3c1ccccc1. The monoisotopic (exact) mass is 472 g/mol. The summed E-state index contributed by atoms with van der Waals surface area (Å²) in [5.41, 5.74) is 3.11. The molecule has 1 saturated carbocycles. The number of aromatic amines is 1. The number of imide groups is 1. The third-order valence-corrected chi connectivity index (χ3v) is 8.05. The number of nitrogens with zero attached hydrogens (tertiary/aromatic N) is 3. The topological polar surface area (TPSA) is 68.9 Å². The third-order valence-electron chi connectivity index (χ3n) is 8.05. The van der Waals surface area contributed by atoms with Crippen molar-refractivity contribution in [3.63, 3.8) is 0 Å². The molecule has 2 fully saturated rings. The first-order valence-electron chi connectivity index (χ1n) is 12.5. The van der Waals surface area contributed by atoms with Gasteiger partial charge in [-0.15, -0.1) is 0 Å². The molecule has 2 aromatic carbocycles. The van der Waals surface area contributed by atoms with E-state index in [0.717, 1.165) is 46.4 Å². The van der Waals surface area contributed by atoms with Gasteiger partial charge < -0.3 is 14.6 Å². The van der Waals surface area contributed by atoms with E-state index < -0.39 is 5.54 Å². The van der Waals surface area contributed by atoms with Crippen molar-refractivity contribution < 1.29 is 14.3 Å². The number of hydrogen-bond donors (Lipinski definition) is 1. The number of ether oxygens (including phenoxy) is 1. The number of carbonyl (C=O) groups is 2. The fourth-order valence-corrected chi connectivity index (χ4v) is 5.97. The summed E-state index contributed by atoms with van der Waals surface area (Å²) in [5.74, 6) is 0.679. The lowest BCUT2D eigenvalue weighted by Gasteiger charge is -2.42. The van der Waals surface area contributed by atoms with Crippen molar-refractivity contribution in [1.82, 2.24) is 19.7 Å². The minimum atomic E-state index is -0.939. The highest BCUT2D eigenvalue weighted by Crippen LogP contribution is 2.49. The first kappa shape index (κ1) is 22.2. The van der Waals surface area contributed by atoms with Gasteiger partial charge in [0, 0.05) is 35.6 Å². The number of hydrogen-bond acceptors (Lipinski definition) is 4. The van der Waals surface area contributed by atoms with E-state index in [9.17, 15) is 9.59 Å². The van der Waals surface area contributed by atoms with Gasteiger partial charge in [-0.3, -0.25) is 14.6 Å². The zero-order valence-corrected chi connectivity index (χ0v) is 20.6. The Bertz CT molecular complexity index is 1300. The molecule has 1 saturated heterocycles. The lowest BCUT2D eigenvalue weighted by Crippen LogP contribution is -2.53. The molecule has 1 aromatic heterocycles. The Morgan fingerprint density at radius 3 is 2.63 bits per heavy atom. The second-order valence-corrected chi connectivity index (χ2v) is 10.4. The minimum absolute atomic E-state index is 0.0968. The highest BCUT2D eigenvalue weighted by molar-refractivity contribution is 6.08. The molecule has 7 heteroatoms. The van der Waals surface area contributed by atoms with Gasteiger partial charge in [0.2, 0.25) is 0 Å². The summed E-state index contributed by atoms with van der Waals surface area (Å²) in [6.07, 6.45) is 3.76. The fourth-order valence-electron chi connectivity index (χ4n) is 5.97. The summed E-state index contributed by atoms with van der Waals surface area (Å²) in [7, 11) is 3.79. The molecule has 3 aromatic rings. The van der Waals surface area contributed by atoms with Crippen molar-refractivity contribution in [1.29, 1.82) is 0 Å². The molecule has 0 bridgehead atoms. The number of rotatable bonds is 7. The van der Waals surface area contributed by atoms with E-state index >= 15 is 0 Å². The molecule has 182 valence electrons. The zero-order chi connectivity index (χ0) is 24.3. The van der Waals surface area contributed by atoms with Crippen molar-refractivity contribution in [2.45, 2.75) is 50.2 Å².